The van der Waals surface area contributed by atoms with E-state index in [4.69, 9.17) is 37.9 Å². The SMILES string of the molecule is CC1CCC2(OC1)OC1CC3C4CC[C@@H]5CC(O[C@@H]6O[C@H](O[C@@H]7OC[C@@H](O)[C@H](O)[C@H]7O)[C@@H](O[C@@H]7OC[C@@H](O)[C@H](O)[C@H]7O)[C@H](O)[C@H]6O)CCC5(C)C4CC[C@]3(C)C1C2C. The minimum absolute atomic E-state index is 0.132. The van der Waals surface area contributed by atoms with Crippen LogP contribution < -0.4 is 0 Å². The van der Waals surface area contributed by atoms with Crippen LogP contribution in [0.15, 0.2) is 0 Å². The summed E-state index contributed by atoms with van der Waals surface area (Å²) in [5.41, 5.74) is 0.367. The average molecular weight is 829 g/mol. The van der Waals surface area contributed by atoms with E-state index in [0.29, 0.717) is 41.4 Å². The Kier molecular flexibility index (Phi) is 11.7. The van der Waals surface area contributed by atoms with E-state index in [9.17, 15) is 40.9 Å². The number of rotatable bonds is 6. The zero-order chi connectivity index (χ0) is 41.1. The van der Waals surface area contributed by atoms with Crippen LogP contribution in [0.1, 0.15) is 91.9 Å². The van der Waals surface area contributed by atoms with Crippen molar-refractivity contribution in [3.63, 3.8) is 0 Å². The molecule has 8 N–H and O–H groups in total. The number of fused-ring (bicyclic) bond motifs is 7. The highest BCUT2D eigenvalue weighted by molar-refractivity contribution is 5.15. The summed E-state index contributed by atoms with van der Waals surface area (Å²) in [6.07, 6.45) is -10.1. The van der Waals surface area contributed by atoms with Gasteiger partial charge in [-0.15, -0.1) is 0 Å². The van der Waals surface area contributed by atoms with Crippen LogP contribution in [0.3, 0.4) is 0 Å². The van der Waals surface area contributed by atoms with E-state index >= 15 is 0 Å². The van der Waals surface area contributed by atoms with E-state index < -0.39 is 85.9 Å². The molecule has 58 heavy (non-hydrogen) atoms. The molecule has 0 aromatic rings. The van der Waals surface area contributed by atoms with Crippen molar-refractivity contribution in [2.24, 2.45) is 52.3 Å². The van der Waals surface area contributed by atoms with Gasteiger partial charge in [-0.25, -0.2) is 0 Å². The van der Waals surface area contributed by atoms with E-state index in [-0.39, 0.29) is 36.3 Å². The van der Waals surface area contributed by atoms with Crippen molar-refractivity contribution >= 4 is 0 Å². The Bertz CT molecular complexity index is 1450. The van der Waals surface area contributed by atoms with Crippen LogP contribution in [0, 0.1) is 52.3 Å². The third kappa shape index (κ3) is 6.96. The fourth-order valence-electron chi connectivity index (χ4n) is 13.8. The third-order valence-corrected chi connectivity index (χ3v) is 17.2. The summed E-state index contributed by atoms with van der Waals surface area (Å²) < 4.78 is 48.7. The van der Waals surface area contributed by atoms with Gasteiger partial charge in [-0.1, -0.05) is 27.7 Å². The highest BCUT2D eigenvalue weighted by Gasteiger charge is 2.69. The summed E-state index contributed by atoms with van der Waals surface area (Å²) in [6.45, 7) is 9.73. The number of hydrogen-bond acceptors (Lipinski definition) is 16. The Hall–Kier alpha value is -0.640. The number of aliphatic hydroxyl groups excluding tert-OH is 8. The normalized spacial score (nSPS) is 59.6. The van der Waals surface area contributed by atoms with Gasteiger partial charge in [0, 0.05) is 12.3 Å². The molecular weight excluding hydrogens is 760 g/mol. The smallest absolute Gasteiger partial charge is 0.192 e. The molecule has 9 rings (SSSR count). The lowest BCUT2D eigenvalue weighted by atomic mass is 9.44. The van der Waals surface area contributed by atoms with Crippen LogP contribution in [-0.2, 0) is 37.9 Å². The molecular formula is C42H68O16. The first-order chi connectivity index (χ1) is 27.5. The lowest BCUT2D eigenvalue weighted by molar-refractivity contribution is -0.415. The van der Waals surface area contributed by atoms with Crippen LogP contribution in [0.25, 0.3) is 0 Å². The Labute approximate surface area is 340 Å². The maximum atomic E-state index is 11.5. The van der Waals surface area contributed by atoms with Gasteiger partial charge >= 0.3 is 0 Å². The molecule has 0 bridgehead atoms. The van der Waals surface area contributed by atoms with Crippen LogP contribution in [0.5, 0.6) is 0 Å². The van der Waals surface area contributed by atoms with Gasteiger partial charge < -0.3 is 78.7 Å². The fourth-order valence-corrected chi connectivity index (χ4v) is 13.8. The first-order valence-corrected chi connectivity index (χ1v) is 22.2. The van der Waals surface area contributed by atoms with Gasteiger partial charge in [0.05, 0.1) is 32.0 Å². The van der Waals surface area contributed by atoms with Gasteiger partial charge in [-0.3, -0.25) is 0 Å². The van der Waals surface area contributed by atoms with Gasteiger partial charge in [0.1, 0.15) is 54.9 Å². The molecule has 5 heterocycles. The molecule has 5 saturated heterocycles. The van der Waals surface area contributed by atoms with Gasteiger partial charge in [0.15, 0.2) is 30.9 Å². The first kappa shape index (κ1) is 42.7. The van der Waals surface area contributed by atoms with E-state index in [1.165, 1.54) is 12.8 Å². The van der Waals surface area contributed by atoms with Crippen molar-refractivity contribution in [2.45, 2.75) is 190 Å². The molecule has 4 saturated carbocycles. The van der Waals surface area contributed by atoms with Gasteiger partial charge in [0.25, 0.3) is 0 Å². The number of aliphatic hydroxyl groups is 8. The minimum Gasteiger partial charge on any atom is -0.388 e. The van der Waals surface area contributed by atoms with Gasteiger partial charge in [-0.05, 0) is 104 Å². The molecule has 0 aromatic carbocycles. The van der Waals surface area contributed by atoms with Gasteiger partial charge in [0.2, 0.25) is 0 Å². The second kappa shape index (κ2) is 15.9. The Morgan fingerprint density at radius 3 is 1.90 bits per heavy atom. The molecule has 332 valence electrons. The summed E-state index contributed by atoms with van der Waals surface area (Å²) in [6, 6.07) is 0. The topological polar surface area (TPSA) is 236 Å². The lowest BCUT2D eigenvalue weighted by Crippen LogP contribution is -2.65. The van der Waals surface area contributed by atoms with Gasteiger partial charge in [-0.2, -0.15) is 0 Å². The van der Waals surface area contributed by atoms with Crippen molar-refractivity contribution in [3.05, 3.63) is 0 Å². The molecule has 0 amide bonds. The quantitative estimate of drug-likeness (QED) is 0.170. The minimum atomic E-state index is -1.73. The molecule has 16 heteroatoms. The summed E-state index contributed by atoms with van der Waals surface area (Å²) in [5.74, 6) is 3.32. The van der Waals surface area contributed by atoms with Crippen molar-refractivity contribution in [2.75, 3.05) is 19.8 Å². The molecule has 0 aromatic heterocycles. The molecule has 9 fully saturated rings. The summed E-state index contributed by atoms with van der Waals surface area (Å²) in [5, 5.41) is 84.6. The fraction of sp³-hybridized carbons (Fsp3) is 1.00. The van der Waals surface area contributed by atoms with E-state index in [0.717, 1.165) is 58.0 Å². The highest BCUT2D eigenvalue weighted by Crippen LogP contribution is 2.71. The zero-order valence-electron chi connectivity index (χ0n) is 34.2. The number of hydrogen-bond donors (Lipinski definition) is 8. The first-order valence-electron chi connectivity index (χ1n) is 22.2. The molecule has 9 aliphatic rings. The second-order valence-electron chi connectivity index (χ2n) is 20.3. The Balaban J connectivity index is 0.865. The highest BCUT2D eigenvalue weighted by atomic mass is 16.8. The standard InChI is InChI=1S/C42H68O16/c1-18-7-12-42(53-15-18)19(2)28-27(58-42)14-24-22-6-5-20-13-21(8-10-40(20,3)23(22)9-11-41(24,28)4)54-38-34(50)31(47)35(55-36-32(48)29(45)25(43)16-51-36)39(57-38)56-37-33(49)30(46)26(44)17-52-37/h18-39,43-50H,5-17H2,1-4H3/t18?,19?,20-,21?,22?,23?,24?,25-,26-,27?,28?,29+,30+,31-,32-,33-,34-,35+,36+,37+,38-,39+,40?,41+,42?/m1/s1. The second-order valence-corrected chi connectivity index (χ2v) is 20.3. The molecule has 25 atom stereocenters. The Morgan fingerprint density at radius 1 is 0.569 bits per heavy atom. The molecule has 10 unspecified atom stereocenters. The molecule has 5 aliphatic heterocycles. The Morgan fingerprint density at radius 2 is 1.22 bits per heavy atom. The predicted octanol–water partition coefficient (Wildman–Crippen LogP) is 0.502. The van der Waals surface area contributed by atoms with Crippen LogP contribution in [0.4, 0.5) is 0 Å². The van der Waals surface area contributed by atoms with Crippen molar-refractivity contribution in [1.29, 1.82) is 0 Å². The number of ether oxygens (including phenoxy) is 8. The maximum absolute atomic E-state index is 11.5. The van der Waals surface area contributed by atoms with Crippen molar-refractivity contribution < 1.29 is 78.7 Å². The summed E-state index contributed by atoms with van der Waals surface area (Å²) in [4.78, 5) is 0. The van der Waals surface area contributed by atoms with Crippen molar-refractivity contribution in [1.82, 2.24) is 0 Å². The van der Waals surface area contributed by atoms with Crippen molar-refractivity contribution in [3.8, 4) is 0 Å². The summed E-state index contributed by atoms with van der Waals surface area (Å²) >= 11 is 0. The van der Waals surface area contributed by atoms with E-state index in [1.54, 1.807) is 0 Å². The molecule has 4 aliphatic carbocycles. The molecule has 16 nitrogen and oxygen atoms in total. The van der Waals surface area contributed by atoms with Crippen LogP contribution in [-0.4, -0.2) is 159 Å². The average Bonchev–Trinajstić information content (AvgIpc) is 3.65. The van der Waals surface area contributed by atoms with E-state index in [2.05, 4.69) is 27.7 Å². The van der Waals surface area contributed by atoms with Crippen LogP contribution in [0.2, 0.25) is 0 Å². The third-order valence-electron chi connectivity index (χ3n) is 17.2. The zero-order valence-corrected chi connectivity index (χ0v) is 34.2. The molecule has 1 spiro atoms. The van der Waals surface area contributed by atoms with Crippen LogP contribution >= 0.6 is 0 Å². The predicted molar refractivity (Wildman–Crippen MR) is 199 cm³/mol. The maximum Gasteiger partial charge on any atom is 0.192 e. The monoisotopic (exact) mass is 828 g/mol. The molecule has 0 radical (unpaired) electrons. The van der Waals surface area contributed by atoms with E-state index in [1.807, 2.05) is 0 Å². The summed E-state index contributed by atoms with van der Waals surface area (Å²) in [7, 11) is 0. The largest absolute Gasteiger partial charge is 0.388 e. The lowest BCUT2D eigenvalue weighted by Gasteiger charge is -2.61.